The fourth-order valence-electron chi connectivity index (χ4n) is 2.15. The van der Waals surface area contributed by atoms with Crippen LogP contribution in [0.3, 0.4) is 0 Å². The van der Waals surface area contributed by atoms with Crippen LogP contribution in [0.2, 0.25) is 0 Å². The van der Waals surface area contributed by atoms with Crippen LogP contribution < -0.4 is 0 Å². The van der Waals surface area contributed by atoms with E-state index >= 15 is 0 Å². The minimum absolute atomic E-state index is 0.0692. The van der Waals surface area contributed by atoms with Crippen molar-refractivity contribution in [3.05, 3.63) is 29.6 Å². The summed E-state index contributed by atoms with van der Waals surface area (Å²) in [4.78, 5) is 16.4. The van der Waals surface area contributed by atoms with Crippen LogP contribution in [0.25, 0.3) is 11.0 Å². The lowest BCUT2D eigenvalue weighted by atomic mass is 10.2. The van der Waals surface area contributed by atoms with E-state index in [0.717, 1.165) is 22.4 Å². The first kappa shape index (κ1) is 14.5. The Bertz CT molecular complexity index is 638. The lowest BCUT2D eigenvalue weighted by Crippen LogP contribution is -2.26. The third kappa shape index (κ3) is 2.99. The van der Waals surface area contributed by atoms with E-state index in [0.29, 0.717) is 0 Å². The molecule has 5 heteroatoms. The molecule has 0 saturated carbocycles. The van der Waals surface area contributed by atoms with E-state index in [2.05, 4.69) is 4.98 Å². The van der Waals surface area contributed by atoms with Crippen molar-refractivity contribution in [3.8, 4) is 0 Å². The van der Waals surface area contributed by atoms with Gasteiger partial charge in [-0.05, 0) is 33.8 Å². The highest BCUT2D eigenvalue weighted by Gasteiger charge is 2.19. The predicted molar refractivity (Wildman–Crippen MR) is 76.2 cm³/mol. The molecule has 0 amide bonds. The largest absolute Gasteiger partial charge is 0.459 e. The maximum Gasteiger partial charge on any atom is 0.326 e. The van der Waals surface area contributed by atoms with Gasteiger partial charge in [0.05, 0.1) is 17.6 Å². The number of hydrogen-bond acceptors (Lipinski definition) is 4. The van der Waals surface area contributed by atoms with Crippen LogP contribution in [-0.4, -0.2) is 26.2 Å². The Hall–Kier alpha value is -1.88. The molecule has 1 heterocycles. The van der Waals surface area contributed by atoms with Crippen LogP contribution in [0.15, 0.2) is 18.2 Å². The number of para-hydroxylation sites is 1. The second-order valence-corrected chi connectivity index (χ2v) is 5.77. The summed E-state index contributed by atoms with van der Waals surface area (Å²) in [6.07, 6.45) is 0. The number of rotatable bonds is 3. The quantitative estimate of drug-likeness (QED) is 0.873. The van der Waals surface area contributed by atoms with Crippen LogP contribution in [0.1, 0.15) is 32.2 Å². The van der Waals surface area contributed by atoms with Gasteiger partial charge in [-0.2, -0.15) is 0 Å². The van der Waals surface area contributed by atoms with Gasteiger partial charge in [-0.3, -0.25) is 4.79 Å². The summed E-state index contributed by atoms with van der Waals surface area (Å²) in [6.45, 7) is 7.41. The smallest absolute Gasteiger partial charge is 0.326 e. The van der Waals surface area contributed by atoms with Crippen molar-refractivity contribution in [1.29, 1.82) is 0 Å². The van der Waals surface area contributed by atoms with E-state index in [-0.39, 0.29) is 19.1 Å². The standard InChI is InChI=1S/C15H20N2O3/c1-10-16-14-11(9-18)6-5-7-12(14)17(10)8-13(19)20-15(2,3)4/h5-7,18H,8-9H2,1-4H3. The van der Waals surface area contributed by atoms with Gasteiger partial charge in [0, 0.05) is 5.56 Å². The molecule has 0 saturated heterocycles. The fourth-order valence-corrected chi connectivity index (χ4v) is 2.15. The number of carbonyl (C=O) groups is 1. The fraction of sp³-hybridized carbons (Fsp3) is 0.467. The highest BCUT2D eigenvalue weighted by Crippen LogP contribution is 2.20. The van der Waals surface area contributed by atoms with Crippen molar-refractivity contribution in [1.82, 2.24) is 9.55 Å². The molecule has 0 aliphatic heterocycles. The Balaban J connectivity index is 2.35. The van der Waals surface area contributed by atoms with Gasteiger partial charge in [0.15, 0.2) is 0 Å². The predicted octanol–water partition coefficient (Wildman–Crippen LogP) is 2.18. The molecule has 2 aromatic rings. The Labute approximate surface area is 118 Å². The molecule has 0 aliphatic rings. The first-order valence-electron chi connectivity index (χ1n) is 6.59. The van der Waals surface area contributed by atoms with E-state index in [1.54, 1.807) is 0 Å². The third-order valence-corrected chi connectivity index (χ3v) is 2.93. The summed E-state index contributed by atoms with van der Waals surface area (Å²) in [5.74, 6) is 0.432. The van der Waals surface area contributed by atoms with Crippen LogP contribution >= 0.6 is 0 Å². The molecule has 1 aromatic heterocycles. The monoisotopic (exact) mass is 276 g/mol. The van der Waals surface area contributed by atoms with Crippen LogP contribution in [0.5, 0.6) is 0 Å². The van der Waals surface area contributed by atoms with E-state index in [1.807, 2.05) is 50.5 Å². The highest BCUT2D eigenvalue weighted by molar-refractivity contribution is 5.81. The lowest BCUT2D eigenvalue weighted by molar-refractivity contribution is -0.155. The highest BCUT2D eigenvalue weighted by atomic mass is 16.6. The summed E-state index contributed by atoms with van der Waals surface area (Å²) >= 11 is 0. The average Bonchev–Trinajstić information content (AvgIpc) is 2.63. The minimum Gasteiger partial charge on any atom is -0.459 e. The van der Waals surface area contributed by atoms with Crippen molar-refractivity contribution >= 4 is 17.0 Å². The molecule has 0 aliphatic carbocycles. The minimum atomic E-state index is -0.502. The maximum absolute atomic E-state index is 12.0. The Kier molecular flexibility index (Phi) is 3.81. The molecule has 0 spiro atoms. The lowest BCUT2D eigenvalue weighted by Gasteiger charge is -2.20. The number of aryl methyl sites for hydroxylation is 1. The second-order valence-electron chi connectivity index (χ2n) is 5.77. The number of esters is 1. The van der Waals surface area contributed by atoms with Gasteiger partial charge >= 0.3 is 5.97 Å². The zero-order chi connectivity index (χ0) is 14.9. The van der Waals surface area contributed by atoms with Crippen molar-refractivity contribution in [2.24, 2.45) is 0 Å². The first-order chi connectivity index (χ1) is 9.31. The number of carbonyl (C=O) groups excluding carboxylic acids is 1. The molecule has 1 aromatic carbocycles. The number of aliphatic hydroxyl groups is 1. The average molecular weight is 276 g/mol. The Morgan fingerprint density at radius 3 is 2.70 bits per heavy atom. The van der Waals surface area contributed by atoms with Gasteiger partial charge in [0.25, 0.3) is 0 Å². The van der Waals surface area contributed by atoms with Gasteiger partial charge < -0.3 is 14.4 Å². The number of nitrogens with zero attached hydrogens (tertiary/aromatic N) is 2. The molecular formula is C15H20N2O3. The molecule has 1 N–H and O–H groups in total. The molecule has 2 rings (SSSR count). The number of benzene rings is 1. The van der Waals surface area contributed by atoms with Crippen molar-refractivity contribution in [2.75, 3.05) is 0 Å². The number of hydrogen-bond donors (Lipinski definition) is 1. The molecule has 5 nitrogen and oxygen atoms in total. The number of imidazole rings is 1. The third-order valence-electron chi connectivity index (χ3n) is 2.93. The second kappa shape index (κ2) is 5.25. The summed E-state index contributed by atoms with van der Waals surface area (Å²) < 4.78 is 7.14. The van der Waals surface area contributed by atoms with Crippen LogP contribution in [-0.2, 0) is 22.7 Å². The maximum atomic E-state index is 12.0. The van der Waals surface area contributed by atoms with Gasteiger partial charge in [0.1, 0.15) is 18.0 Å². The molecule has 0 bridgehead atoms. The molecule has 0 unspecified atom stereocenters. The summed E-state index contributed by atoms with van der Waals surface area (Å²) in [6, 6.07) is 5.56. The van der Waals surface area contributed by atoms with Crippen molar-refractivity contribution in [3.63, 3.8) is 0 Å². The summed E-state index contributed by atoms with van der Waals surface area (Å²) in [7, 11) is 0. The van der Waals surface area contributed by atoms with Crippen LogP contribution in [0, 0.1) is 6.92 Å². The number of ether oxygens (including phenoxy) is 1. The van der Waals surface area contributed by atoms with Gasteiger partial charge in [-0.25, -0.2) is 4.98 Å². The van der Waals surface area contributed by atoms with E-state index in [4.69, 9.17) is 4.74 Å². The molecule has 0 atom stereocenters. The number of aromatic nitrogens is 2. The van der Waals surface area contributed by atoms with E-state index in [1.165, 1.54) is 0 Å². The molecular weight excluding hydrogens is 256 g/mol. The summed E-state index contributed by atoms with van der Waals surface area (Å²) in [5, 5.41) is 9.33. The van der Waals surface area contributed by atoms with E-state index in [9.17, 15) is 9.90 Å². The van der Waals surface area contributed by atoms with Crippen molar-refractivity contribution in [2.45, 2.75) is 46.4 Å². The first-order valence-corrected chi connectivity index (χ1v) is 6.59. The SMILES string of the molecule is Cc1nc2c(CO)cccc2n1CC(=O)OC(C)(C)C. The summed E-state index contributed by atoms with van der Waals surface area (Å²) in [5.41, 5.74) is 1.82. The van der Waals surface area contributed by atoms with Gasteiger partial charge in [-0.1, -0.05) is 12.1 Å². The Morgan fingerprint density at radius 2 is 2.10 bits per heavy atom. The molecule has 0 fully saturated rings. The molecule has 20 heavy (non-hydrogen) atoms. The molecule has 108 valence electrons. The van der Waals surface area contributed by atoms with Gasteiger partial charge in [0.2, 0.25) is 0 Å². The normalized spacial score (nSPS) is 11.8. The Morgan fingerprint density at radius 1 is 1.40 bits per heavy atom. The zero-order valence-corrected chi connectivity index (χ0v) is 12.3. The number of fused-ring (bicyclic) bond motifs is 1. The van der Waals surface area contributed by atoms with Gasteiger partial charge in [-0.15, -0.1) is 0 Å². The topological polar surface area (TPSA) is 64.4 Å². The van der Waals surface area contributed by atoms with Crippen molar-refractivity contribution < 1.29 is 14.6 Å². The molecule has 0 radical (unpaired) electrons. The van der Waals surface area contributed by atoms with E-state index < -0.39 is 5.60 Å². The number of aliphatic hydroxyl groups excluding tert-OH is 1. The van der Waals surface area contributed by atoms with Crippen LogP contribution in [0.4, 0.5) is 0 Å². The zero-order valence-electron chi connectivity index (χ0n) is 12.3.